The zero-order chi connectivity index (χ0) is 9.89. The van der Waals surface area contributed by atoms with Crippen LogP contribution in [0.2, 0.25) is 0 Å². The normalized spacial score (nSPS) is 12.8. The number of hydrogen-bond acceptors (Lipinski definition) is 3. The van der Waals surface area contributed by atoms with Gasteiger partial charge in [-0.3, -0.25) is 9.59 Å². The summed E-state index contributed by atoms with van der Waals surface area (Å²) < 4.78 is 0. The zero-order valence-corrected chi connectivity index (χ0v) is 8.29. The van der Waals surface area contributed by atoms with Crippen LogP contribution in [0.1, 0.15) is 20.8 Å². The van der Waals surface area contributed by atoms with Crippen molar-refractivity contribution in [3.8, 4) is 0 Å². The Bertz CT molecular complexity index is 175. The predicted molar refractivity (Wildman–Crippen MR) is 46.6 cm³/mol. The molecule has 0 aromatic carbocycles. The first-order valence-corrected chi connectivity index (χ1v) is 3.84. The Hall–Kier alpha value is -0.900. The lowest BCUT2D eigenvalue weighted by Gasteiger charge is -2.22. The third-order valence-corrected chi connectivity index (χ3v) is 1.80. The van der Waals surface area contributed by atoms with Crippen molar-refractivity contribution in [2.45, 2.75) is 26.9 Å². The van der Waals surface area contributed by atoms with Gasteiger partial charge in [-0.15, -0.1) is 0 Å². The van der Waals surface area contributed by atoms with E-state index in [0.29, 0.717) is 0 Å². The third-order valence-electron chi connectivity index (χ3n) is 1.80. The van der Waals surface area contributed by atoms with Crippen LogP contribution in [0.25, 0.3) is 0 Å². The Balaban J connectivity index is 4.52. The molecule has 0 spiro atoms. The van der Waals surface area contributed by atoms with E-state index in [1.165, 1.54) is 18.7 Å². The van der Waals surface area contributed by atoms with Crippen LogP contribution in [-0.2, 0) is 9.59 Å². The molecule has 12 heavy (non-hydrogen) atoms. The van der Waals surface area contributed by atoms with E-state index >= 15 is 0 Å². The fraction of sp³-hybridized carbons (Fsp3) is 0.750. The number of rotatable bonds is 2. The highest BCUT2D eigenvalue weighted by atomic mass is 16.2. The van der Waals surface area contributed by atoms with Crippen molar-refractivity contribution in [2.24, 2.45) is 0 Å². The first-order chi connectivity index (χ1) is 5.37. The highest BCUT2D eigenvalue weighted by Gasteiger charge is 2.27. The van der Waals surface area contributed by atoms with Crippen LogP contribution in [0.15, 0.2) is 0 Å². The number of nitrogens with zero attached hydrogens (tertiary/aromatic N) is 2. The summed E-state index contributed by atoms with van der Waals surface area (Å²) >= 11 is 0. The largest absolute Gasteiger partial charge is 0.275 e. The molecule has 4 nitrogen and oxygen atoms in total. The molecule has 0 fully saturated rings. The van der Waals surface area contributed by atoms with Crippen molar-refractivity contribution in [1.82, 2.24) is 9.80 Å². The molecule has 4 heteroatoms. The van der Waals surface area contributed by atoms with E-state index in [1.54, 1.807) is 0 Å². The molecular weight excluding hydrogens is 156 g/mol. The van der Waals surface area contributed by atoms with E-state index in [4.69, 9.17) is 0 Å². The van der Waals surface area contributed by atoms with Gasteiger partial charge in [0.05, 0.1) is 0 Å². The van der Waals surface area contributed by atoms with E-state index in [-0.39, 0.29) is 18.0 Å². The van der Waals surface area contributed by atoms with E-state index < -0.39 is 0 Å². The van der Waals surface area contributed by atoms with Gasteiger partial charge in [-0.2, -0.15) is 4.90 Å². The summed E-state index contributed by atoms with van der Waals surface area (Å²) in [6, 6.07) is 0. The maximum absolute atomic E-state index is 11.0. The maximum Gasteiger partial charge on any atom is 0.230 e. The Kier molecular flexibility index (Phi) is 3.89. The Morgan fingerprint density at radius 1 is 1.17 bits per heavy atom. The molecule has 1 atom stereocenters. The summed E-state index contributed by atoms with van der Waals surface area (Å²) in [4.78, 5) is 25.0. The maximum atomic E-state index is 11.0. The van der Waals surface area contributed by atoms with Gasteiger partial charge in [0, 0.05) is 20.8 Å². The quantitative estimate of drug-likeness (QED) is 0.439. The Morgan fingerprint density at radius 3 is 1.58 bits per heavy atom. The average molecular weight is 172 g/mol. The molecule has 1 unspecified atom stereocenters. The molecule has 0 aromatic rings. The molecule has 0 saturated heterocycles. The Morgan fingerprint density at radius 2 is 1.50 bits per heavy atom. The molecule has 0 aromatic heterocycles. The topological polar surface area (TPSA) is 43.3 Å². The summed E-state index contributed by atoms with van der Waals surface area (Å²) in [7, 11) is 3.65. The minimum atomic E-state index is -0.219. The SMILES string of the molecule is CC(=O)N(C(C)=O)C(C)[N+](C)C. The van der Waals surface area contributed by atoms with Crippen LogP contribution in [0.4, 0.5) is 0 Å². The van der Waals surface area contributed by atoms with Gasteiger partial charge >= 0.3 is 0 Å². The second-order valence-electron chi connectivity index (χ2n) is 3.00. The van der Waals surface area contributed by atoms with Gasteiger partial charge in [0.1, 0.15) is 14.1 Å². The first-order valence-electron chi connectivity index (χ1n) is 3.84. The number of carbonyl (C=O) groups is 2. The average Bonchev–Trinajstić information content (AvgIpc) is 1.85. The van der Waals surface area contributed by atoms with Gasteiger partial charge in [0.15, 0.2) is 0 Å². The van der Waals surface area contributed by atoms with Crippen molar-refractivity contribution in [1.29, 1.82) is 0 Å². The van der Waals surface area contributed by atoms with E-state index in [1.807, 2.05) is 25.9 Å². The van der Waals surface area contributed by atoms with Gasteiger partial charge in [-0.1, -0.05) is 0 Å². The molecule has 0 rings (SSSR count). The van der Waals surface area contributed by atoms with Crippen LogP contribution in [0.5, 0.6) is 0 Å². The van der Waals surface area contributed by atoms with Crippen LogP contribution >= 0.6 is 0 Å². The first kappa shape index (κ1) is 11.1. The summed E-state index contributed by atoms with van der Waals surface area (Å²) in [5.41, 5.74) is 0. The molecule has 2 amide bonds. The van der Waals surface area contributed by atoms with E-state index in [9.17, 15) is 9.59 Å². The number of hydrogen-bond donors (Lipinski definition) is 0. The van der Waals surface area contributed by atoms with Crippen LogP contribution < -0.4 is 4.90 Å². The van der Waals surface area contributed by atoms with Gasteiger partial charge in [-0.25, -0.2) is 4.90 Å². The number of imide groups is 1. The molecule has 0 saturated carbocycles. The number of amides is 2. The van der Waals surface area contributed by atoms with E-state index in [2.05, 4.69) is 0 Å². The molecule has 0 aliphatic heterocycles. The van der Waals surface area contributed by atoms with Crippen molar-refractivity contribution < 1.29 is 9.59 Å². The molecule has 1 radical (unpaired) electrons. The fourth-order valence-corrected chi connectivity index (χ4v) is 0.979. The highest BCUT2D eigenvalue weighted by Crippen LogP contribution is 2.00. The second-order valence-corrected chi connectivity index (χ2v) is 3.00. The number of carbonyl (C=O) groups excluding carboxylic acids is 2. The lowest BCUT2D eigenvalue weighted by Crippen LogP contribution is -2.50. The zero-order valence-electron chi connectivity index (χ0n) is 8.29. The lowest BCUT2D eigenvalue weighted by atomic mass is 10.4. The molecule has 0 heterocycles. The highest BCUT2D eigenvalue weighted by molar-refractivity contribution is 5.93. The van der Waals surface area contributed by atoms with E-state index in [0.717, 1.165) is 0 Å². The smallest absolute Gasteiger partial charge is 0.230 e. The van der Waals surface area contributed by atoms with Crippen LogP contribution in [0.3, 0.4) is 0 Å². The van der Waals surface area contributed by atoms with Crippen molar-refractivity contribution >= 4 is 11.8 Å². The third kappa shape index (κ3) is 2.62. The summed E-state index contributed by atoms with van der Waals surface area (Å²) in [5.74, 6) is -0.438. The van der Waals surface area contributed by atoms with Crippen LogP contribution in [0, 0.1) is 0 Å². The van der Waals surface area contributed by atoms with Crippen molar-refractivity contribution in [3.63, 3.8) is 0 Å². The molecule has 69 valence electrons. The van der Waals surface area contributed by atoms with Crippen molar-refractivity contribution in [3.05, 3.63) is 0 Å². The monoisotopic (exact) mass is 172 g/mol. The molecular formula is C8H16N2O2+. The summed E-state index contributed by atoms with van der Waals surface area (Å²) in [6.07, 6.45) is -0.181. The van der Waals surface area contributed by atoms with Gasteiger partial charge in [0.25, 0.3) is 0 Å². The minimum Gasteiger partial charge on any atom is -0.275 e. The molecule has 0 bridgehead atoms. The minimum absolute atomic E-state index is 0.181. The van der Waals surface area contributed by atoms with Gasteiger partial charge in [0.2, 0.25) is 18.0 Å². The lowest BCUT2D eigenvalue weighted by molar-refractivity contribution is -0.146. The molecule has 0 aliphatic carbocycles. The van der Waals surface area contributed by atoms with Gasteiger partial charge < -0.3 is 0 Å². The summed E-state index contributed by atoms with van der Waals surface area (Å²) in [6.45, 7) is 4.59. The second kappa shape index (κ2) is 4.21. The molecule has 0 aliphatic rings. The standard InChI is InChI=1S/C8H16N2O2/c1-6(9(4)5)10(7(2)11)8(3)12/h6H,1-5H3/q+1. The Labute approximate surface area is 73.1 Å². The predicted octanol–water partition coefficient (Wildman–Crippen LogP) is 0.127. The fourth-order valence-electron chi connectivity index (χ4n) is 0.979. The molecule has 0 N–H and O–H groups in total. The summed E-state index contributed by atoms with van der Waals surface area (Å²) in [5, 5.41) is 0. The van der Waals surface area contributed by atoms with Gasteiger partial charge in [-0.05, 0) is 0 Å². The van der Waals surface area contributed by atoms with Crippen LogP contribution in [-0.4, -0.2) is 37.0 Å². The van der Waals surface area contributed by atoms with Crippen molar-refractivity contribution in [2.75, 3.05) is 14.1 Å².